The Morgan fingerprint density at radius 1 is 1.30 bits per heavy atom. The Hall–Kier alpha value is -2.25. The van der Waals surface area contributed by atoms with Crippen molar-refractivity contribution in [2.24, 2.45) is 0 Å². The van der Waals surface area contributed by atoms with Gasteiger partial charge >= 0.3 is 0 Å². The van der Waals surface area contributed by atoms with Crippen molar-refractivity contribution in [3.05, 3.63) is 42.2 Å². The fraction of sp³-hybridized carbons (Fsp3) is 0.438. The van der Waals surface area contributed by atoms with E-state index in [0.717, 1.165) is 5.56 Å². The van der Waals surface area contributed by atoms with E-state index in [1.807, 2.05) is 37.3 Å². The summed E-state index contributed by atoms with van der Waals surface area (Å²) >= 11 is 0. The van der Waals surface area contributed by atoms with Gasteiger partial charge in [0.1, 0.15) is 12.4 Å². The average molecular weight is 318 g/mol. The van der Waals surface area contributed by atoms with Gasteiger partial charge < -0.3 is 9.47 Å². The number of benzene rings is 1. The Morgan fingerprint density at radius 2 is 2.09 bits per heavy atom. The van der Waals surface area contributed by atoms with E-state index in [1.54, 1.807) is 17.9 Å². The van der Waals surface area contributed by atoms with Crippen molar-refractivity contribution in [2.75, 3.05) is 25.1 Å². The summed E-state index contributed by atoms with van der Waals surface area (Å²) in [4.78, 5) is 16.1. The van der Waals surface area contributed by atoms with Gasteiger partial charge in [-0.2, -0.15) is 0 Å². The van der Waals surface area contributed by atoms with Gasteiger partial charge in [-0.05, 0) is 19.4 Å². The van der Waals surface area contributed by atoms with E-state index in [1.165, 1.54) is 0 Å². The first kappa shape index (κ1) is 17.1. The number of carbonyl (C=O) groups excluding carboxylic acids is 1. The van der Waals surface area contributed by atoms with Crippen LogP contribution in [-0.2, 0) is 20.8 Å². The molecule has 0 unspecified atom stereocenters. The molecule has 1 amide bonds. The molecule has 124 valence electrons. The van der Waals surface area contributed by atoms with Crippen LogP contribution < -0.4 is 5.32 Å². The van der Waals surface area contributed by atoms with Crippen molar-refractivity contribution < 1.29 is 14.3 Å². The zero-order valence-corrected chi connectivity index (χ0v) is 13.4. The van der Waals surface area contributed by atoms with Crippen LogP contribution in [0.4, 0.5) is 5.95 Å². The smallest absolute Gasteiger partial charge is 0.255 e. The Kier molecular flexibility index (Phi) is 6.71. The SMILES string of the molecule is CCOCCO[C@@H](C)C(=O)Nc1ncn(Cc2ccccc2)n1. The van der Waals surface area contributed by atoms with Gasteiger partial charge in [-0.25, -0.2) is 9.67 Å². The third kappa shape index (κ3) is 5.80. The van der Waals surface area contributed by atoms with Crippen LogP contribution in [0, 0.1) is 0 Å². The summed E-state index contributed by atoms with van der Waals surface area (Å²) in [7, 11) is 0. The Morgan fingerprint density at radius 3 is 2.83 bits per heavy atom. The number of nitrogens with one attached hydrogen (secondary N) is 1. The van der Waals surface area contributed by atoms with Crippen molar-refractivity contribution in [3.63, 3.8) is 0 Å². The van der Waals surface area contributed by atoms with E-state index in [0.29, 0.717) is 26.4 Å². The lowest BCUT2D eigenvalue weighted by atomic mass is 10.2. The number of carbonyl (C=O) groups is 1. The van der Waals surface area contributed by atoms with Crippen molar-refractivity contribution >= 4 is 11.9 Å². The topological polar surface area (TPSA) is 78.3 Å². The number of rotatable bonds is 9. The first-order valence-corrected chi connectivity index (χ1v) is 7.62. The largest absolute Gasteiger partial charge is 0.379 e. The lowest BCUT2D eigenvalue weighted by Gasteiger charge is -2.11. The first-order chi connectivity index (χ1) is 11.2. The highest BCUT2D eigenvalue weighted by atomic mass is 16.5. The van der Waals surface area contributed by atoms with Gasteiger partial charge in [0, 0.05) is 6.61 Å². The van der Waals surface area contributed by atoms with Crippen LogP contribution in [0.25, 0.3) is 0 Å². The second kappa shape index (κ2) is 9.02. The zero-order chi connectivity index (χ0) is 16.5. The molecular formula is C16H22N4O3. The number of nitrogens with zero attached hydrogens (tertiary/aromatic N) is 3. The number of anilines is 1. The molecule has 7 nitrogen and oxygen atoms in total. The Bertz CT molecular complexity index is 600. The van der Waals surface area contributed by atoms with Crippen molar-refractivity contribution in [2.45, 2.75) is 26.5 Å². The molecule has 0 spiro atoms. The van der Waals surface area contributed by atoms with Crippen molar-refractivity contribution in [3.8, 4) is 0 Å². The van der Waals surface area contributed by atoms with E-state index >= 15 is 0 Å². The van der Waals surface area contributed by atoms with E-state index in [9.17, 15) is 4.79 Å². The van der Waals surface area contributed by atoms with Crippen LogP contribution in [0.1, 0.15) is 19.4 Å². The summed E-state index contributed by atoms with van der Waals surface area (Å²) in [6.45, 7) is 5.67. The molecular weight excluding hydrogens is 296 g/mol. The average Bonchev–Trinajstić information content (AvgIpc) is 2.99. The number of hydrogen-bond donors (Lipinski definition) is 1. The maximum absolute atomic E-state index is 12.0. The molecule has 23 heavy (non-hydrogen) atoms. The molecule has 7 heteroatoms. The van der Waals surface area contributed by atoms with E-state index < -0.39 is 6.10 Å². The minimum atomic E-state index is -0.587. The molecule has 1 heterocycles. The first-order valence-electron chi connectivity index (χ1n) is 7.62. The fourth-order valence-corrected chi connectivity index (χ4v) is 1.91. The molecule has 0 bridgehead atoms. The number of ether oxygens (including phenoxy) is 2. The predicted molar refractivity (Wildman–Crippen MR) is 86.1 cm³/mol. The molecule has 1 aromatic carbocycles. The zero-order valence-electron chi connectivity index (χ0n) is 13.4. The van der Waals surface area contributed by atoms with Crippen molar-refractivity contribution in [1.82, 2.24) is 14.8 Å². The lowest BCUT2D eigenvalue weighted by molar-refractivity contribution is -0.127. The minimum Gasteiger partial charge on any atom is -0.379 e. The van der Waals surface area contributed by atoms with Gasteiger partial charge in [0.05, 0.1) is 19.8 Å². The third-order valence-corrected chi connectivity index (χ3v) is 3.13. The molecule has 0 saturated carbocycles. The molecule has 1 N–H and O–H groups in total. The van der Waals surface area contributed by atoms with Gasteiger partial charge in [-0.3, -0.25) is 10.1 Å². The molecule has 0 radical (unpaired) electrons. The monoisotopic (exact) mass is 318 g/mol. The van der Waals surface area contributed by atoms with Crippen LogP contribution in [-0.4, -0.2) is 46.6 Å². The molecule has 2 rings (SSSR count). The standard InChI is InChI=1S/C16H22N4O3/c1-3-22-9-10-23-13(2)15(21)18-16-17-12-20(19-16)11-14-7-5-4-6-8-14/h4-8,12-13H,3,9-11H2,1-2H3,(H,18,19,21)/t13-/m0/s1. The second-order valence-corrected chi connectivity index (χ2v) is 4.95. The minimum absolute atomic E-state index is 0.270. The van der Waals surface area contributed by atoms with E-state index in [2.05, 4.69) is 15.4 Å². The van der Waals surface area contributed by atoms with Gasteiger partial charge in [0.2, 0.25) is 5.95 Å². The highest BCUT2D eigenvalue weighted by Crippen LogP contribution is 2.04. The highest BCUT2D eigenvalue weighted by Gasteiger charge is 2.15. The molecule has 0 aliphatic rings. The summed E-state index contributed by atoms with van der Waals surface area (Å²) in [5, 5.41) is 6.87. The maximum atomic E-state index is 12.0. The predicted octanol–water partition coefficient (Wildman–Crippen LogP) is 1.71. The van der Waals surface area contributed by atoms with Crippen molar-refractivity contribution in [1.29, 1.82) is 0 Å². The molecule has 0 aliphatic heterocycles. The van der Waals surface area contributed by atoms with Crippen LogP contribution in [0.15, 0.2) is 36.7 Å². The number of aromatic nitrogens is 3. The molecule has 2 aromatic rings. The number of hydrogen-bond acceptors (Lipinski definition) is 5. The van der Waals surface area contributed by atoms with Crippen LogP contribution in [0.2, 0.25) is 0 Å². The maximum Gasteiger partial charge on any atom is 0.255 e. The highest BCUT2D eigenvalue weighted by molar-refractivity contribution is 5.92. The molecule has 0 saturated heterocycles. The summed E-state index contributed by atoms with van der Waals surface area (Å²) < 4.78 is 12.2. The normalized spacial score (nSPS) is 12.1. The Balaban J connectivity index is 1.80. The Labute approximate surface area is 135 Å². The molecule has 1 atom stereocenters. The van der Waals surface area contributed by atoms with Crippen LogP contribution in [0.3, 0.4) is 0 Å². The van der Waals surface area contributed by atoms with Gasteiger partial charge in [-0.1, -0.05) is 30.3 Å². The summed E-state index contributed by atoms with van der Waals surface area (Å²) in [5.41, 5.74) is 1.11. The van der Waals surface area contributed by atoms with E-state index in [4.69, 9.17) is 9.47 Å². The third-order valence-electron chi connectivity index (χ3n) is 3.13. The second-order valence-electron chi connectivity index (χ2n) is 4.95. The van der Waals surface area contributed by atoms with Gasteiger partial charge in [-0.15, -0.1) is 5.10 Å². The molecule has 0 fully saturated rings. The summed E-state index contributed by atoms with van der Waals surface area (Å²) in [6.07, 6.45) is 1.000. The van der Waals surface area contributed by atoms with Gasteiger partial charge in [0.15, 0.2) is 0 Å². The quantitative estimate of drug-likeness (QED) is 0.712. The van der Waals surface area contributed by atoms with Crippen LogP contribution in [0.5, 0.6) is 0 Å². The summed E-state index contributed by atoms with van der Waals surface area (Å²) in [5.74, 6) is -0.00912. The molecule has 0 aliphatic carbocycles. The summed E-state index contributed by atoms with van der Waals surface area (Å²) in [6, 6.07) is 9.92. The van der Waals surface area contributed by atoms with E-state index in [-0.39, 0.29) is 11.9 Å². The molecule has 1 aromatic heterocycles. The lowest BCUT2D eigenvalue weighted by Crippen LogP contribution is -2.29. The fourth-order valence-electron chi connectivity index (χ4n) is 1.91. The van der Waals surface area contributed by atoms with Crippen LogP contribution >= 0.6 is 0 Å². The number of amides is 1. The van der Waals surface area contributed by atoms with Gasteiger partial charge in [0.25, 0.3) is 5.91 Å².